The minimum Gasteiger partial charge on any atom is -0.299 e. The van der Waals surface area contributed by atoms with Gasteiger partial charge in [-0.05, 0) is 44.4 Å². The van der Waals surface area contributed by atoms with Gasteiger partial charge in [-0.15, -0.1) is 0 Å². The molecule has 2 fully saturated rings. The van der Waals surface area contributed by atoms with Gasteiger partial charge in [0.05, 0.1) is 0 Å². The molecule has 0 radical (unpaired) electrons. The van der Waals surface area contributed by atoms with Crippen molar-refractivity contribution in [1.82, 2.24) is 0 Å². The van der Waals surface area contributed by atoms with Crippen molar-refractivity contribution in [3.05, 3.63) is 11.6 Å². The summed E-state index contributed by atoms with van der Waals surface area (Å²) in [6, 6.07) is 0. The molecule has 0 heterocycles. The van der Waals surface area contributed by atoms with Crippen LogP contribution in [0.3, 0.4) is 0 Å². The van der Waals surface area contributed by atoms with Gasteiger partial charge in [-0.2, -0.15) is 0 Å². The fraction of sp³-hybridized carbons (Fsp3) is 0.786. The smallest absolute Gasteiger partial charge is 0.143 e. The Balaban J connectivity index is 2.06. The molecule has 1 spiro atoms. The molecular formula is C14H20O. The highest BCUT2D eigenvalue weighted by Crippen LogP contribution is 2.58. The second-order valence-corrected chi connectivity index (χ2v) is 5.57. The van der Waals surface area contributed by atoms with Crippen LogP contribution in [0.15, 0.2) is 11.6 Å². The average molecular weight is 204 g/mol. The predicted molar refractivity (Wildman–Crippen MR) is 60.5 cm³/mol. The van der Waals surface area contributed by atoms with Gasteiger partial charge in [0.25, 0.3) is 0 Å². The van der Waals surface area contributed by atoms with Gasteiger partial charge in [0.1, 0.15) is 5.78 Å². The van der Waals surface area contributed by atoms with Crippen molar-refractivity contribution in [3.8, 4) is 0 Å². The van der Waals surface area contributed by atoms with Crippen LogP contribution >= 0.6 is 0 Å². The Bertz CT molecular complexity index is 328. The topological polar surface area (TPSA) is 17.1 Å². The van der Waals surface area contributed by atoms with Gasteiger partial charge in [-0.25, -0.2) is 0 Å². The Labute approximate surface area is 91.9 Å². The number of allylic oxidation sites excluding steroid dienone is 2. The number of hydrogen-bond donors (Lipinski definition) is 0. The molecule has 0 aromatic heterocycles. The van der Waals surface area contributed by atoms with Crippen molar-refractivity contribution >= 4 is 5.78 Å². The summed E-state index contributed by atoms with van der Waals surface area (Å²) in [4.78, 5) is 12.4. The molecule has 3 rings (SSSR count). The molecule has 3 aliphatic carbocycles. The van der Waals surface area contributed by atoms with Gasteiger partial charge in [0.2, 0.25) is 0 Å². The molecule has 0 aromatic carbocycles. The lowest BCUT2D eigenvalue weighted by atomic mass is 9.72. The molecule has 0 aromatic rings. The first kappa shape index (κ1) is 9.62. The second kappa shape index (κ2) is 3.20. The standard InChI is InChI=1S/C14H20O/c1-2-10-5-6-11-7-9-14(13(11)15)8-3-4-12(10)14/h5,11-12H,2-4,6-9H2,1H3/t11-,12+,14-/m1/s1. The highest BCUT2D eigenvalue weighted by Gasteiger charge is 2.55. The van der Waals surface area contributed by atoms with Gasteiger partial charge < -0.3 is 0 Å². The van der Waals surface area contributed by atoms with Crippen LogP contribution in [0.2, 0.25) is 0 Å². The van der Waals surface area contributed by atoms with E-state index in [2.05, 4.69) is 13.0 Å². The van der Waals surface area contributed by atoms with E-state index >= 15 is 0 Å². The van der Waals surface area contributed by atoms with Crippen LogP contribution in [-0.4, -0.2) is 5.78 Å². The fourth-order valence-electron chi connectivity index (χ4n) is 4.35. The van der Waals surface area contributed by atoms with E-state index in [0.717, 1.165) is 12.8 Å². The molecule has 0 saturated heterocycles. The summed E-state index contributed by atoms with van der Waals surface area (Å²) in [7, 11) is 0. The molecule has 3 aliphatic rings. The van der Waals surface area contributed by atoms with E-state index in [9.17, 15) is 4.79 Å². The molecule has 1 nitrogen and oxygen atoms in total. The number of Topliss-reactive ketones (excluding diaryl/α,β-unsaturated/α-hetero) is 1. The van der Waals surface area contributed by atoms with Crippen molar-refractivity contribution in [2.24, 2.45) is 17.3 Å². The van der Waals surface area contributed by atoms with Crippen LogP contribution in [-0.2, 0) is 4.79 Å². The lowest BCUT2D eigenvalue weighted by molar-refractivity contribution is -0.129. The minimum atomic E-state index is 0.114. The first-order valence-corrected chi connectivity index (χ1v) is 6.51. The zero-order valence-corrected chi connectivity index (χ0v) is 9.59. The van der Waals surface area contributed by atoms with E-state index in [-0.39, 0.29) is 5.41 Å². The maximum Gasteiger partial charge on any atom is 0.143 e. The third-order valence-corrected chi connectivity index (χ3v) is 5.10. The van der Waals surface area contributed by atoms with Gasteiger partial charge in [-0.3, -0.25) is 4.79 Å². The Morgan fingerprint density at radius 1 is 1.40 bits per heavy atom. The summed E-state index contributed by atoms with van der Waals surface area (Å²) in [6.07, 6.45) is 10.7. The van der Waals surface area contributed by atoms with Crippen molar-refractivity contribution in [1.29, 1.82) is 0 Å². The first-order valence-electron chi connectivity index (χ1n) is 6.51. The molecule has 0 amide bonds. The van der Waals surface area contributed by atoms with Crippen LogP contribution in [0.1, 0.15) is 51.9 Å². The number of carbonyl (C=O) groups is 1. The van der Waals surface area contributed by atoms with E-state index in [1.54, 1.807) is 5.57 Å². The fourth-order valence-corrected chi connectivity index (χ4v) is 4.35. The molecule has 2 saturated carbocycles. The lowest BCUT2D eigenvalue weighted by Crippen LogP contribution is -2.32. The Morgan fingerprint density at radius 2 is 2.27 bits per heavy atom. The lowest BCUT2D eigenvalue weighted by Gasteiger charge is -2.30. The predicted octanol–water partition coefficient (Wildman–Crippen LogP) is 3.49. The van der Waals surface area contributed by atoms with E-state index in [1.165, 1.54) is 32.1 Å². The molecule has 0 aliphatic heterocycles. The molecule has 2 bridgehead atoms. The first-order chi connectivity index (χ1) is 7.28. The van der Waals surface area contributed by atoms with Crippen LogP contribution in [0.5, 0.6) is 0 Å². The third kappa shape index (κ3) is 1.12. The highest BCUT2D eigenvalue weighted by molar-refractivity contribution is 5.90. The Hall–Kier alpha value is -0.590. The SMILES string of the molecule is CCC1=CC[C@@H]2CC[C@@]3(CCC[C@@H]13)C2=O. The molecule has 3 atom stereocenters. The van der Waals surface area contributed by atoms with Crippen molar-refractivity contribution in [3.63, 3.8) is 0 Å². The summed E-state index contributed by atoms with van der Waals surface area (Å²) in [5.74, 6) is 1.64. The minimum absolute atomic E-state index is 0.114. The monoisotopic (exact) mass is 204 g/mol. The van der Waals surface area contributed by atoms with Crippen LogP contribution in [0, 0.1) is 17.3 Å². The number of rotatable bonds is 1. The highest BCUT2D eigenvalue weighted by atomic mass is 16.1. The molecule has 82 valence electrons. The summed E-state index contributed by atoms with van der Waals surface area (Å²) < 4.78 is 0. The van der Waals surface area contributed by atoms with E-state index in [0.29, 0.717) is 17.6 Å². The Kier molecular flexibility index (Phi) is 2.05. The number of hydrogen-bond acceptors (Lipinski definition) is 1. The molecule has 1 heteroatoms. The number of fused-ring (bicyclic) bond motifs is 1. The third-order valence-electron chi connectivity index (χ3n) is 5.10. The number of ketones is 1. The van der Waals surface area contributed by atoms with Crippen LogP contribution in [0.25, 0.3) is 0 Å². The van der Waals surface area contributed by atoms with Crippen LogP contribution in [0.4, 0.5) is 0 Å². The van der Waals surface area contributed by atoms with Crippen molar-refractivity contribution < 1.29 is 4.79 Å². The van der Waals surface area contributed by atoms with E-state index in [4.69, 9.17) is 0 Å². The quantitative estimate of drug-likeness (QED) is 0.597. The summed E-state index contributed by atoms with van der Waals surface area (Å²) in [6.45, 7) is 2.25. The molecule has 0 N–H and O–H groups in total. The average Bonchev–Trinajstić information content (AvgIpc) is 2.74. The van der Waals surface area contributed by atoms with Gasteiger partial charge >= 0.3 is 0 Å². The van der Waals surface area contributed by atoms with Gasteiger partial charge in [-0.1, -0.05) is 25.0 Å². The van der Waals surface area contributed by atoms with Crippen LogP contribution < -0.4 is 0 Å². The van der Waals surface area contributed by atoms with Gasteiger partial charge in [0.15, 0.2) is 0 Å². The van der Waals surface area contributed by atoms with E-state index in [1.807, 2.05) is 0 Å². The molecular weight excluding hydrogens is 184 g/mol. The second-order valence-electron chi connectivity index (χ2n) is 5.57. The zero-order valence-electron chi connectivity index (χ0n) is 9.59. The number of carbonyl (C=O) groups excluding carboxylic acids is 1. The van der Waals surface area contributed by atoms with Crippen molar-refractivity contribution in [2.75, 3.05) is 0 Å². The maximum absolute atomic E-state index is 12.4. The maximum atomic E-state index is 12.4. The summed E-state index contributed by atoms with van der Waals surface area (Å²) in [5, 5.41) is 0. The van der Waals surface area contributed by atoms with Crippen molar-refractivity contribution in [2.45, 2.75) is 51.9 Å². The summed E-state index contributed by atoms with van der Waals surface area (Å²) >= 11 is 0. The molecule has 15 heavy (non-hydrogen) atoms. The largest absolute Gasteiger partial charge is 0.299 e. The molecule has 0 unspecified atom stereocenters. The normalized spacial score (nSPS) is 43.8. The van der Waals surface area contributed by atoms with E-state index < -0.39 is 0 Å². The van der Waals surface area contributed by atoms with Gasteiger partial charge in [0, 0.05) is 11.3 Å². The summed E-state index contributed by atoms with van der Waals surface area (Å²) in [5.41, 5.74) is 1.71. The zero-order chi connectivity index (χ0) is 10.5. The Morgan fingerprint density at radius 3 is 3.07 bits per heavy atom.